The number of fused-ring (bicyclic) bond motifs is 1. The average molecular weight is 286 g/mol. The van der Waals surface area contributed by atoms with Crippen molar-refractivity contribution in [3.8, 4) is 0 Å². The van der Waals surface area contributed by atoms with Crippen molar-refractivity contribution in [2.75, 3.05) is 31.6 Å². The van der Waals surface area contributed by atoms with Crippen molar-refractivity contribution in [2.45, 2.75) is 39.2 Å². The Bertz CT molecular complexity index is 641. The molecule has 2 aromatic heterocycles. The zero-order valence-corrected chi connectivity index (χ0v) is 13.8. The molecule has 1 aliphatic rings. The van der Waals surface area contributed by atoms with Crippen LogP contribution in [-0.2, 0) is 0 Å². The van der Waals surface area contributed by atoms with Crippen molar-refractivity contribution in [1.82, 2.24) is 14.5 Å². The Morgan fingerprint density at radius 2 is 1.95 bits per heavy atom. The third kappa shape index (κ3) is 2.53. The van der Waals surface area contributed by atoms with Gasteiger partial charge in [0.1, 0.15) is 0 Å². The number of piperazine rings is 1. The molecule has 4 heteroatoms. The van der Waals surface area contributed by atoms with Crippen LogP contribution in [0.15, 0.2) is 24.5 Å². The average Bonchev–Trinajstić information content (AvgIpc) is 2.84. The van der Waals surface area contributed by atoms with Crippen LogP contribution < -0.4 is 4.90 Å². The zero-order chi connectivity index (χ0) is 15.2. The maximum atomic E-state index is 4.53. The molecule has 0 N–H and O–H groups in total. The van der Waals surface area contributed by atoms with Crippen LogP contribution in [0, 0.1) is 0 Å². The van der Waals surface area contributed by atoms with Gasteiger partial charge in [-0.15, -0.1) is 0 Å². The van der Waals surface area contributed by atoms with Gasteiger partial charge in [0.2, 0.25) is 0 Å². The fraction of sp³-hybridized carbons (Fsp3) is 0.588. The maximum absolute atomic E-state index is 4.53. The van der Waals surface area contributed by atoms with Gasteiger partial charge in [-0.05, 0) is 38.9 Å². The molecule has 0 bridgehead atoms. The molecule has 0 atom stereocenters. The summed E-state index contributed by atoms with van der Waals surface area (Å²) in [4.78, 5) is 4.91. The molecule has 0 saturated carbocycles. The predicted octanol–water partition coefficient (Wildman–Crippen LogP) is 2.99. The third-order valence-corrected chi connectivity index (χ3v) is 4.83. The molecule has 0 spiro atoms. The lowest BCUT2D eigenvalue weighted by Gasteiger charge is -2.46. The summed E-state index contributed by atoms with van der Waals surface area (Å²) in [5.74, 6) is 0.510. The van der Waals surface area contributed by atoms with E-state index in [1.54, 1.807) is 0 Å². The predicted molar refractivity (Wildman–Crippen MR) is 88.2 cm³/mol. The van der Waals surface area contributed by atoms with Crippen molar-refractivity contribution in [2.24, 2.45) is 0 Å². The van der Waals surface area contributed by atoms with E-state index in [1.807, 2.05) is 10.7 Å². The van der Waals surface area contributed by atoms with E-state index >= 15 is 0 Å². The summed E-state index contributed by atoms with van der Waals surface area (Å²) in [6, 6.07) is 4.45. The molecule has 21 heavy (non-hydrogen) atoms. The normalized spacial score (nSPS) is 19.6. The first-order valence-electron chi connectivity index (χ1n) is 7.82. The Morgan fingerprint density at radius 1 is 1.19 bits per heavy atom. The highest BCUT2D eigenvalue weighted by Gasteiger charge is 2.31. The highest BCUT2D eigenvalue weighted by atomic mass is 15.3. The van der Waals surface area contributed by atoms with Crippen molar-refractivity contribution in [3.05, 3.63) is 30.1 Å². The minimum atomic E-state index is 0.209. The summed E-state index contributed by atoms with van der Waals surface area (Å²) in [6.07, 6.45) is 4.17. The molecule has 114 valence electrons. The number of nitrogens with zero attached hydrogens (tertiary/aromatic N) is 4. The lowest BCUT2D eigenvalue weighted by atomic mass is 9.99. The van der Waals surface area contributed by atoms with E-state index in [9.17, 15) is 0 Å². The van der Waals surface area contributed by atoms with E-state index in [0.717, 1.165) is 19.6 Å². The fourth-order valence-electron chi connectivity index (χ4n) is 3.09. The summed E-state index contributed by atoms with van der Waals surface area (Å²) >= 11 is 0. The number of hydrogen-bond acceptors (Lipinski definition) is 3. The highest BCUT2D eigenvalue weighted by Crippen LogP contribution is 2.26. The Kier molecular flexibility index (Phi) is 3.44. The van der Waals surface area contributed by atoms with Gasteiger partial charge < -0.3 is 4.90 Å². The van der Waals surface area contributed by atoms with Crippen LogP contribution in [-0.4, -0.2) is 46.7 Å². The summed E-state index contributed by atoms with van der Waals surface area (Å²) in [5, 5.41) is 4.53. The number of pyridine rings is 1. The first-order valence-corrected chi connectivity index (χ1v) is 7.82. The van der Waals surface area contributed by atoms with Gasteiger partial charge in [-0.25, -0.2) is 4.52 Å². The second kappa shape index (κ2) is 5.02. The summed E-state index contributed by atoms with van der Waals surface area (Å²) < 4.78 is 2.02. The van der Waals surface area contributed by atoms with Crippen molar-refractivity contribution in [3.63, 3.8) is 0 Å². The summed E-state index contributed by atoms with van der Waals surface area (Å²) in [7, 11) is 2.21. The van der Waals surface area contributed by atoms with Crippen LogP contribution in [0.1, 0.15) is 39.2 Å². The summed E-state index contributed by atoms with van der Waals surface area (Å²) in [5.41, 5.74) is 4.02. The van der Waals surface area contributed by atoms with E-state index in [-0.39, 0.29) is 5.54 Å². The molecule has 0 unspecified atom stereocenters. The molecular formula is C17H26N4. The number of likely N-dealkylation sites (N-methyl/N-ethyl adjacent to an activating group) is 1. The molecular weight excluding hydrogens is 260 g/mol. The molecule has 2 aromatic rings. The summed E-state index contributed by atoms with van der Waals surface area (Å²) in [6.45, 7) is 12.3. The lowest BCUT2D eigenvalue weighted by Crippen LogP contribution is -2.57. The minimum absolute atomic E-state index is 0.209. The van der Waals surface area contributed by atoms with Crippen LogP contribution in [0.3, 0.4) is 0 Å². The smallest absolute Gasteiger partial charge is 0.0697 e. The van der Waals surface area contributed by atoms with E-state index in [1.165, 1.54) is 16.8 Å². The van der Waals surface area contributed by atoms with Gasteiger partial charge in [-0.3, -0.25) is 4.90 Å². The second-order valence-corrected chi connectivity index (χ2v) is 7.13. The van der Waals surface area contributed by atoms with Crippen LogP contribution >= 0.6 is 0 Å². The van der Waals surface area contributed by atoms with Crippen LogP contribution in [0.5, 0.6) is 0 Å². The van der Waals surface area contributed by atoms with Gasteiger partial charge in [0.05, 0.1) is 23.6 Å². The quantitative estimate of drug-likeness (QED) is 0.848. The largest absolute Gasteiger partial charge is 0.367 e. The lowest BCUT2D eigenvalue weighted by molar-refractivity contribution is 0.139. The first-order chi connectivity index (χ1) is 9.88. The Hall–Kier alpha value is -1.55. The Labute approximate surface area is 127 Å². The first kappa shape index (κ1) is 14.4. The van der Waals surface area contributed by atoms with Gasteiger partial charge in [0, 0.05) is 30.7 Å². The van der Waals surface area contributed by atoms with Gasteiger partial charge >= 0.3 is 0 Å². The molecule has 0 amide bonds. The van der Waals surface area contributed by atoms with Gasteiger partial charge in [0.15, 0.2) is 0 Å². The van der Waals surface area contributed by atoms with Crippen LogP contribution in [0.4, 0.5) is 5.69 Å². The number of aromatic nitrogens is 2. The standard InChI is InChI=1S/C17H26N4/c1-13(2)15-10-18-21-11-14(6-7-16(15)21)20-9-8-19(5)17(3,4)12-20/h6-7,10-11,13H,8-9,12H2,1-5H3. The van der Waals surface area contributed by atoms with Gasteiger partial charge in [-0.2, -0.15) is 5.10 Å². The molecule has 3 rings (SSSR count). The van der Waals surface area contributed by atoms with Crippen molar-refractivity contribution >= 4 is 11.2 Å². The van der Waals surface area contributed by atoms with Crippen molar-refractivity contribution < 1.29 is 0 Å². The molecule has 0 aromatic carbocycles. The second-order valence-electron chi connectivity index (χ2n) is 7.13. The molecule has 0 radical (unpaired) electrons. The third-order valence-electron chi connectivity index (χ3n) is 4.83. The van der Waals surface area contributed by atoms with E-state index in [4.69, 9.17) is 0 Å². The fourth-order valence-corrected chi connectivity index (χ4v) is 3.09. The topological polar surface area (TPSA) is 23.8 Å². The minimum Gasteiger partial charge on any atom is -0.367 e. The Morgan fingerprint density at radius 3 is 2.62 bits per heavy atom. The maximum Gasteiger partial charge on any atom is 0.0697 e. The molecule has 1 saturated heterocycles. The van der Waals surface area contributed by atoms with Crippen LogP contribution in [0.2, 0.25) is 0 Å². The monoisotopic (exact) mass is 286 g/mol. The highest BCUT2D eigenvalue weighted by molar-refractivity contribution is 5.60. The van der Waals surface area contributed by atoms with Crippen molar-refractivity contribution in [1.29, 1.82) is 0 Å². The number of anilines is 1. The number of rotatable bonds is 2. The molecule has 4 nitrogen and oxygen atoms in total. The molecule has 0 aliphatic carbocycles. The zero-order valence-electron chi connectivity index (χ0n) is 13.8. The van der Waals surface area contributed by atoms with Crippen LogP contribution in [0.25, 0.3) is 5.52 Å². The number of hydrogen-bond donors (Lipinski definition) is 0. The SMILES string of the molecule is CC(C)c1cnn2cc(N3CCN(C)C(C)(C)C3)ccc12. The Balaban J connectivity index is 1.91. The molecule has 1 fully saturated rings. The van der Waals surface area contributed by atoms with E-state index < -0.39 is 0 Å². The van der Waals surface area contributed by atoms with Gasteiger partial charge in [-0.1, -0.05) is 13.8 Å². The molecule has 1 aliphatic heterocycles. The van der Waals surface area contributed by atoms with E-state index in [0.29, 0.717) is 5.92 Å². The van der Waals surface area contributed by atoms with E-state index in [2.05, 4.69) is 68.0 Å². The van der Waals surface area contributed by atoms with Gasteiger partial charge in [0.25, 0.3) is 0 Å². The molecule has 3 heterocycles.